The molecule has 0 N–H and O–H groups in total. The molecule has 0 aliphatic heterocycles. The summed E-state index contributed by atoms with van der Waals surface area (Å²) in [6, 6.07) is 8.28. The summed E-state index contributed by atoms with van der Waals surface area (Å²) in [5, 5.41) is 9.08. The second-order valence-corrected chi connectivity index (χ2v) is 7.12. The van der Waals surface area contributed by atoms with Crippen LogP contribution in [-0.4, -0.2) is 21.1 Å². The Morgan fingerprint density at radius 2 is 2.19 bits per heavy atom. The van der Waals surface area contributed by atoms with Gasteiger partial charge >= 0.3 is 0 Å². The third kappa shape index (κ3) is 3.36. The van der Waals surface area contributed by atoms with Crippen LogP contribution in [0.1, 0.15) is 50.0 Å². The smallest absolute Gasteiger partial charge is 0.128 e. The summed E-state index contributed by atoms with van der Waals surface area (Å²) in [4.78, 5) is 4.63. The number of hydrogen-bond donors (Lipinski definition) is 0. The summed E-state index contributed by atoms with van der Waals surface area (Å²) < 4.78 is 2.20. The molecule has 2 rings (SSSR count). The van der Waals surface area contributed by atoms with Crippen molar-refractivity contribution in [2.45, 2.75) is 38.6 Å². The van der Waals surface area contributed by atoms with Crippen molar-refractivity contribution < 1.29 is 0 Å². The molecular formula is C16H20ClN3S. The fourth-order valence-corrected chi connectivity index (χ4v) is 3.45. The average molecular weight is 322 g/mol. The van der Waals surface area contributed by atoms with E-state index in [9.17, 15) is 5.26 Å². The molecule has 0 aliphatic carbocycles. The van der Waals surface area contributed by atoms with Crippen molar-refractivity contribution in [1.29, 1.82) is 5.26 Å². The number of alkyl halides is 1. The van der Waals surface area contributed by atoms with Crippen LogP contribution in [0.25, 0.3) is 11.0 Å². The van der Waals surface area contributed by atoms with Crippen molar-refractivity contribution in [3.63, 3.8) is 0 Å². The fourth-order valence-electron chi connectivity index (χ4n) is 2.50. The minimum atomic E-state index is -0.176. The fraction of sp³-hybridized carbons (Fsp3) is 0.500. The van der Waals surface area contributed by atoms with Crippen molar-refractivity contribution in [3.8, 4) is 6.07 Å². The standard InChI is InChI=1S/C16H20ClN3S/c1-4-21-9-8-11(2)20-14-7-5-6-13(10-18)15(14)19-16(20)12(3)17/h5-7,11-12H,4,8-9H2,1-3H3. The summed E-state index contributed by atoms with van der Waals surface area (Å²) >= 11 is 8.25. The summed E-state index contributed by atoms with van der Waals surface area (Å²) in [6.45, 7) is 6.30. The van der Waals surface area contributed by atoms with Crippen LogP contribution in [0, 0.1) is 11.3 Å². The van der Waals surface area contributed by atoms with E-state index < -0.39 is 0 Å². The van der Waals surface area contributed by atoms with Gasteiger partial charge in [-0.15, -0.1) is 11.6 Å². The lowest BCUT2D eigenvalue weighted by Crippen LogP contribution is -2.11. The van der Waals surface area contributed by atoms with Gasteiger partial charge in [0.25, 0.3) is 0 Å². The molecule has 1 heterocycles. The summed E-state index contributed by atoms with van der Waals surface area (Å²) in [7, 11) is 0. The van der Waals surface area contributed by atoms with Gasteiger partial charge in [0.05, 0.1) is 16.5 Å². The number of imidazole rings is 1. The molecule has 0 radical (unpaired) electrons. The summed E-state index contributed by atoms with van der Waals surface area (Å²) in [5.41, 5.74) is 2.38. The highest BCUT2D eigenvalue weighted by atomic mass is 35.5. The first-order valence-electron chi connectivity index (χ1n) is 7.22. The molecule has 1 aromatic heterocycles. The zero-order valence-corrected chi connectivity index (χ0v) is 14.2. The molecule has 0 spiro atoms. The third-order valence-corrected chi connectivity index (χ3v) is 4.68. The van der Waals surface area contributed by atoms with E-state index in [2.05, 4.69) is 29.5 Å². The molecule has 2 atom stereocenters. The quantitative estimate of drug-likeness (QED) is 0.560. The van der Waals surface area contributed by atoms with Crippen LogP contribution < -0.4 is 0 Å². The van der Waals surface area contributed by atoms with Crippen molar-refractivity contribution in [3.05, 3.63) is 29.6 Å². The van der Waals surface area contributed by atoms with Crippen LogP contribution in [0.2, 0.25) is 0 Å². The second kappa shape index (κ2) is 7.20. The number of halogens is 1. The first-order chi connectivity index (χ1) is 10.1. The molecule has 2 aromatic rings. The molecule has 1 aromatic carbocycles. The van der Waals surface area contributed by atoms with Crippen molar-refractivity contribution in [1.82, 2.24) is 9.55 Å². The summed E-state index contributed by atoms with van der Waals surface area (Å²) in [5.74, 6) is 3.10. The highest BCUT2D eigenvalue weighted by molar-refractivity contribution is 7.99. The first kappa shape index (κ1) is 16.2. The Bertz CT molecular complexity index is 657. The maximum absolute atomic E-state index is 9.25. The molecule has 112 valence electrons. The van der Waals surface area contributed by atoms with E-state index in [1.54, 1.807) is 6.07 Å². The maximum atomic E-state index is 9.25. The Kier molecular flexibility index (Phi) is 5.55. The van der Waals surface area contributed by atoms with Crippen LogP contribution in [0.3, 0.4) is 0 Å². The van der Waals surface area contributed by atoms with Gasteiger partial charge in [-0.25, -0.2) is 4.98 Å². The van der Waals surface area contributed by atoms with E-state index in [1.165, 1.54) is 0 Å². The lowest BCUT2D eigenvalue weighted by Gasteiger charge is -2.18. The normalized spacial score (nSPS) is 14.0. The lowest BCUT2D eigenvalue weighted by molar-refractivity contribution is 0.525. The molecular weight excluding hydrogens is 302 g/mol. The van der Waals surface area contributed by atoms with Gasteiger partial charge in [-0.05, 0) is 43.9 Å². The van der Waals surface area contributed by atoms with Gasteiger partial charge in [0.1, 0.15) is 17.4 Å². The van der Waals surface area contributed by atoms with Gasteiger partial charge in [0.2, 0.25) is 0 Å². The number of nitriles is 1. The van der Waals surface area contributed by atoms with E-state index in [1.807, 2.05) is 30.8 Å². The topological polar surface area (TPSA) is 41.6 Å². The molecule has 0 aliphatic rings. The van der Waals surface area contributed by atoms with Gasteiger partial charge in [-0.2, -0.15) is 17.0 Å². The molecule has 2 unspecified atom stereocenters. The molecule has 5 heteroatoms. The first-order valence-corrected chi connectivity index (χ1v) is 8.82. The number of fused-ring (bicyclic) bond motifs is 1. The minimum Gasteiger partial charge on any atom is -0.324 e. The average Bonchev–Trinajstić information content (AvgIpc) is 2.87. The molecule has 0 saturated heterocycles. The van der Waals surface area contributed by atoms with Crippen LogP contribution in [0.5, 0.6) is 0 Å². The van der Waals surface area contributed by atoms with Crippen molar-refractivity contribution in [2.24, 2.45) is 0 Å². The molecule has 0 amide bonds. The number of nitrogens with zero attached hydrogens (tertiary/aromatic N) is 3. The predicted octanol–water partition coefficient (Wildman–Crippen LogP) is 4.91. The second-order valence-electron chi connectivity index (χ2n) is 5.08. The molecule has 3 nitrogen and oxygen atoms in total. The van der Waals surface area contributed by atoms with Crippen molar-refractivity contribution in [2.75, 3.05) is 11.5 Å². The van der Waals surface area contributed by atoms with Crippen LogP contribution in [0.4, 0.5) is 0 Å². The highest BCUT2D eigenvalue weighted by Crippen LogP contribution is 2.31. The molecule has 0 bridgehead atoms. The van der Waals surface area contributed by atoms with E-state index >= 15 is 0 Å². The highest BCUT2D eigenvalue weighted by Gasteiger charge is 2.20. The monoisotopic (exact) mass is 321 g/mol. The Morgan fingerprint density at radius 1 is 1.43 bits per heavy atom. The number of thioether (sulfide) groups is 1. The van der Waals surface area contributed by atoms with E-state index in [0.717, 1.165) is 34.8 Å². The minimum absolute atomic E-state index is 0.176. The zero-order chi connectivity index (χ0) is 15.4. The lowest BCUT2D eigenvalue weighted by atomic mass is 10.2. The molecule has 0 fully saturated rings. The third-order valence-electron chi connectivity index (χ3n) is 3.55. The number of hydrogen-bond acceptors (Lipinski definition) is 3. The van der Waals surface area contributed by atoms with E-state index in [4.69, 9.17) is 11.6 Å². The Morgan fingerprint density at radius 3 is 2.81 bits per heavy atom. The zero-order valence-electron chi connectivity index (χ0n) is 12.6. The predicted molar refractivity (Wildman–Crippen MR) is 91.0 cm³/mol. The number of benzene rings is 1. The Balaban J connectivity index is 2.49. The molecule has 0 saturated carbocycles. The summed E-state index contributed by atoms with van der Waals surface area (Å²) in [6.07, 6.45) is 1.07. The largest absolute Gasteiger partial charge is 0.324 e. The van der Waals surface area contributed by atoms with Gasteiger partial charge in [-0.1, -0.05) is 13.0 Å². The number of para-hydroxylation sites is 1. The van der Waals surface area contributed by atoms with Crippen LogP contribution in [-0.2, 0) is 0 Å². The van der Waals surface area contributed by atoms with Gasteiger partial charge in [0.15, 0.2) is 0 Å². The van der Waals surface area contributed by atoms with Crippen molar-refractivity contribution >= 4 is 34.4 Å². The van der Waals surface area contributed by atoms with Gasteiger partial charge < -0.3 is 4.57 Å². The van der Waals surface area contributed by atoms with E-state index in [-0.39, 0.29) is 5.38 Å². The van der Waals surface area contributed by atoms with E-state index in [0.29, 0.717) is 11.6 Å². The number of aromatic nitrogens is 2. The SMILES string of the molecule is CCSCCC(C)n1c(C(C)Cl)nc2c(C#N)cccc21. The Labute approximate surface area is 135 Å². The number of rotatable bonds is 6. The van der Waals surface area contributed by atoms with Crippen LogP contribution >= 0.6 is 23.4 Å². The maximum Gasteiger partial charge on any atom is 0.128 e. The van der Waals surface area contributed by atoms with Gasteiger partial charge in [-0.3, -0.25) is 0 Å². The Hall–Kier alpha value is -1.18. The van der Waals surface area contributed by atoms with Gasteiger partial charge in [0, 0.05) is 6.04 Å². The molecule has 21 heavy (non-hydrogen) atoms. The van der Waals surface area contributed by atoms with Crippen LogP contribution in [0.15, 0.2) is 18.2 Å².